The zero-order chi connectivity index (χ0) is 89.2. The van der Waals surface area contributed by atoms with Crippen LogP contribution >= 0.6 is 74.3 Å². The minimum absolute atomic E-state index is 0. The van der Waals surface area contributed by atoms with Gasteiger partial charge in [0.05, 0.1) is 12.4 Å². The molecule has 0 amide bonds. The Kier molecular flexibility index (Phi) is 51.3. The van der Waals surface area contributed by atoms with Gasteiger partial charge in [-0.3, -0.25) is 14.4 Å². The summed E-state index contributed by atoms with van der Waals surface area (Å²) in [5, 5.41) is 25.0. The average molecular weight is 1990 g/mol. The van der Waals surface area contributed by atoms with E-state index in [0.29, 0.717) is 53.8 Å². The van der Waals surface area contributed by atoms with Crippen LogP contribution in [-0.4, -0.2) is 74.3 Å². The third kappa shape index (κ3) is 31.8. The third-order valence-electron chi connectivity index (χ3n) is 26.0. The minimum Gasteiger partial charge on any atom is -1.00 e. The molecule has 0 fully saturated rings. The van der Waals surface area contributed by atoms with Crippen molar-refractivity contribution in [3.63, 3.8) is 0 Å². The van der Waals surface area contributed by atoms with Crippen LogP contribution in [0.5, 0.6) is 11.5 Å². The first-order valence-corrected chi connectivity index (χ1v) is 48.3. The van der Waals surface area contributed by atoms with Crippen molar-refractivity contribution in [3.8, 4) is 32.4 Å². The molecule has 0 radical (unpaired) electrons. The Bertz CT molecular complexity index is 5190. The van der Waals surface area contributed by atoms with Crippen molar-refractivity contribution < 1.29 is 183 Å². The van der Waals surface area contributed by atoms with E-state index in [1.807, 2.05) is 69.0 Å². The molecule has 12 nitrogen and oxygen atoms in total. The zero-order valence-electron chi connectivity index (χ0n) is 81.3. The van der Waals surface area contributed by atoms with Crippen LogP contribution in [-0.2, 0) is 82.8 Å². The number of thiophene rings is 3. The number of hydrogen-bond acceptors (Lipinski definition) is 17. The van der Waals surface area contributed by atoms with Gasteiger partial charge in [0.2, 0.25) is 10.9 Å². The molecule has 5 aliphatic carbocycles. The Morgan fingerprint density at radius 2 is 0.752 bits per heavy atom. The van der Waals surface area contributed by atoms with Gasteiger partial charge in [-0.25, -0.2) is 0 Å². The molecule has 10 aromatic rings. The van der Waals surface area contributed by atoms with Crippen LogP contribution in [0, 0.1) is 0 Å². The van der Waals surface area contributed by atoms with Gasteiger partial charge in [0.15, 0.2) is 24.1 Å². The predicted octanol–water partition coefficient (Wildman–Crippen LogP) is 21.1. The molecule has 2 N–H and O–H groups in total. The van der Waals surface area contributed by atoms with Crippen LogP contribution in [0.4, 0.5) is 0 Å². The molecule has 3 heterocycles. The molecule has 0 saturated heterocycles. The van der Waals surface area contributed by atoms with Crippen LogP contribution in [0.3, 0.4) is 0 Å². The van der Waals surface area contributed by atoms with Crippen LogP contribution in [0.2, 0.25) is 0 Å². The standard InChI is InChI=1S/C24H26O2S.C23H24O2S.C20H32O2S.C16H20S.C14H20S.C6H13BrO2.CH2O3.4CH4.2K.Na.H2O.H/c1-23(2)10-11-24(3,4)18-14-22-16(12-17(18)23)13-21(27-22)15-6-8-19(25)20(26-5)9-7-15;1-22(2)9-10-23(3,4)17-13-21-15(11-16(17)22)12-20(26-21)14-5-7-18(24)19(25)8-6-14;1-7-21-18(22-8-2)14-23-15-9-10-16-17(13-15)20(5,6)12-11-19(16,3)4;1-15(2)6-7-16(3,4)13-10-14-11(5-8-17-14)9-12(13)15;1-13(2)7-8-14(3,4)12-9-10(15)5-6-11(12)13;1-3-8-6(5-7)9-4-2;2-1-4-3;;;;;;;;;/h6-9,12-14H,10-11H2,1-5H3;5-8,11-13H,9-10H2,1-4H3,(H,24,25);9-10,13,18H,7-8,11-12,14H2,1-6H3;5,8-10H,6-7H2,1-4H3;5-6,9,15H,7-8H2,1-4H3;6H,3-5H2,1-2H3;1,3H;4*1H4;;;;1H2;/q;;;;;;;;;;;3*+1;;-1/p-2. The van der Waals surface area contributed by atoms with Crippen molar-refractivity contribution in [2.24, 2.45) is 0 Å². The molecule has 15 rings (SSSR count). The summed E-state index contributed by atoms with van der Waals surface area (Å²) in [5.41, 5.74) is 19.3. The van der Waals surface area contributed by atoms with Crippen molar-refractivity contribution in [3.05, 3.63) is 221 Å². The monoisotopic (exact) mass is 1980 g/mol. The second-order valence-corrected chi connectivity index (χ2v) is 44.9. The van der Waals surface area contributed by atoms with E-state index in [2.05, 4.69) is 268 Å². The SMILES string of the molecule is C.C.C.C.CC1(C)CCC(C)(C)c2cc(S)ccc21.CC1(C)CCC(C)(C)c2cc3sc(-c4ccc(O)c(=O)cc4)cc3cc21.CC1(C)CCC(C)(C)c2cc3sccc3cc21.CCOC(CBr)OCC.CCOC(CSc1ccc2c(c1)C(C)(C)CCC2(C)C)OCC.COc1ccc(-c2cc3cc4c(cc3s2)C(C)(C)CCC4(C)C)ccc1=O.O=CO[O-].[H-].[K+].[K+].[Na+].[OH-]. The largest absolute Gasteiger partial charge is 1.00 e. The summed E-state index contributed by atoms with van der Waals surface area (Å²) in [6.07, 6.45) is 12.3. The number of methoxy groups -OCH3 is 1. The number of carbonyl (C=O) groups is 1. The average Bonchev–Trinajstić information content (AvgIpc) is 1.47. The van der Waals surface area contributed by atoms with E-state index in [4.69, 9.17) is 33.7 Å². The molecule has 0 atom stereocenters. The summed E-state index contributed by atoms with van der Waals surface area (Å²) >= 11 is 15.0. The molecule has 0 unspecified atom stereocenters. The molecule has 0 saturated carbocycles. The predicted molar refractivity (Wildman–Crippen MR) is 549 cm³/mol. The first-order chi connectivity index (χ1) is 56.7. The number of thiol groups is 1. The van der Waals surface area contributed by atoms with Crippen molar-refractivity contribution in [1.29, 1.82) is 0 Å². The topological polar surface area (TPSA) is 180 Å². The third-order valence-corrected chi connectivity index (χ3v) is 31.0. The number of carbonyl (C=O) groups excluding carboxylic acids is 1. The Morgan fingerprint density at radius 3 is 1.12 bits per heavy atom. The Labute approximate surface area is 916 Å². The first kappa shape index (κ1) is 125. The van der Waals surface area contributed by atoms with Crippen LogP contribution in [0.1, 0.15) is 317 Å². The van der Waals surface area contributed by atoms with E-state index in [9.17, 15) is 14.7 Å². The smallest absolute Gasteiger partial charge is 1.00 e. The quantitative estimate of drug-likeness (QED) is 0.0136. The Morgan fingerprint density at radius 1 is 0.434 bits per heavy atom. The minimum atomic E-state index is -0.351. The molecule has 7 aromatic carbocycles. The number of benzene rings is 5. The molecule has 0 spiro atoms. The van der Waals surface area contributed by atoms with Gasteiger partial charge < -0.3 is 45.8 Å². The van der Waals surface area contributed by atoms with Gasteiger partial charge in [-0.1, -0.05) is 196 Å². The van der Waals surface area contributed by atoms with Crippen LogP contribution in [0.15, 0.2) is 164 Å². The zero-order valence-corrected chi connectivity index (χ0v) is 94.3. The maximum atomic E-state index is 12.0. The molecule has 0 bridgehead atoms. The molecule has 129 heavy (non-hydrogen) atoms. The fourth-order valence-electron chi connectivity index (χ4n) is 17.5. The molecular weight excluding hydrogens is 1830 g/mol. The number of aromatic hydroxyl groups is 1. The summed E-state index contributed by atoms with van der Waals surface area (Å²) in [6, 6.07) is 48.5. The maximum absolute atomic E-state index is 12.0. The first-order valence-electron chi connectivity index (χ1n) is 43.3. The molecule has 5 aliphatic rings. The number of fused-ring (bicyclic) bond motifs is 8. The number of alkyl halides is 1. The molecule has 0 aliphatic heterocycles. The van der Waals surface area contributed by atoms with E-state index >= 15 is 0 Å². The molecule has 698 valence electrons. The normalized spacial score (nSPS) is 16.9. The van der Waals surface area contributed by atoms with Crippen LogP contribution < -0.4 is 153 Å². The van der Waals surface area contributed by atoms with Crippen molar-refractivity contribution in [1.82, 2.24) is 0 Å². The van der Waals surface area contributed by atoms with E-state index in [1.54, 1.807) is 52.0 Å². The van der Waals surface area contributed by atoms with Crippen LogP contribution in [0.25, 0.3) is 51.1 Å². The number of thioether (sulfide) groups is 1. The summed E-state index contributed by atoms with van der Waals surface area (Å²) in [4.78, 5) is 39.6. The van der Waals surface area contributed by atoms with E-state index in [0.717, 1.165) is 32.0 Å². The fourth-order valence-corrected chi connectivity index (χ4v) is 22.0. The van der Waals surface area contributed by atoms with Crippen molar-refractivity contribution in [2.75, 3.05) is 44.6 Å². The Balaban J connectivity index is 0.00000154. The molecule has 21 heteroatoms. The number of halogens is 1. The number of hydrogen-bond donors (Lipinski definition) is 2. The van der Waals surface area contributed by atoms with E-state index in [1.165, 1.54) is 168 Å². The summed E-state index contributed by atoms with van der Waals surface area (Å²) in [5.74, 6) is 1.00. The van der Waals surface area contributed by atoms with Gasteiger partial charge in [-0.15, -0.1) is 58.4 Å². The second-order valence-electron chi connectivity index (χ2n) is 39.5. The maximum Gasteiger partial charge on any atom is 1.00 e. The molecule has 3 aromatic heterocycles. The van der Waals surface area contributed by atoms with E-state index < -0.39 is 0 Å². The fraction of sp³-hybridized carbons (Fsp3) is 0.528. The van der Waals surface area contributed by atoms with Gasteiger partial charge in [0, 0.05) is 65.8 Å². The van der Waals surface area contributed by atoms with Gasteiger partial charge in [-0.05, 0) is 362 Å². The second kappa shape index (κ2) is 52.9. The van der Waals surface area contributed by atoms with Crippen molar-refractivity contribution in [2.45, 2.75) is 337 Å². The molecular formula is C108H154BrK2NaO12S5. The van der Waals surface area contributed by atoms with Gasteiger partial charge in [-0.2, -0.15) is 0 Å². The summed E-state index contributed by atoms with van der Waals surface area (Å²) in [7, 11) is 1.53. The number of rotatable bonds is 16. The summed E-state index contributed by atoms with van der Waals surface area (Å²) < 4.78 is 30.8. The summed E-state index contributed by atoms with van der Waals surface area (Å²) in [6.45, 7) is 57.8. The van der Waals surface area contributed by atoms with Gasteiger partial charge in [0.1, 0.15) is 0 Å². The van der Waals surface area contributed by atoms with Gasteiger partial charge >= 0.3 is 132 Å². The number of ether oxygens (including phenoxy) is 5. The van der Waals surface area contributed by atoms with Crippen molar-refractivity contribution >= 4 is 111 Å². The van der Waals surface area contributed by atoms with E-state index in [-0.39, 0.29) is 237 Å². The van der Waals surface area contributed by atoms with Gasteiger partial charge in [0.25, 0.3) is 6.47 Å². The Hall–Kier alpha value is -1.96.